The van der Waals surface area contributed by atoms with Gasteiger partial charge in [-0.2, -0.15) is 0 Å². The smallest absolute Gasteiger partial charge is 0.136 e. The summed E-state index contributed by atoms with van der Waals surface area (Å²) in [5, 5.41) is 4.87. The average Bonchev–Trinajstić information content (AvgIpc) is 3.91. The molecule has 10 rings (SSSR count). The molecule has 63 heavy (non-hydrogen) atoms. The van der Waals surface area contributed by atoms with E-state index < -0.39 is 0 Å². The minimum Gasteiger partial charge on any atom is -0.456 e. The van der Waals surface area contributed by atoms with E-state index in [1.165, 1.54) is 53.6 Å². The Kier molecular flexibility index (Phi) is 10.9. The number of benzene rings is 7. The molecule has 7 aromatic carbocycles. The quantitative estimate of drug-likeness (QED) is 0.108. The van der Waals surface area contributed by atoms with Crippen LogP contribution in [0, 0.1) is 0 Å². The van der Waals surface area contributed by atoms with E-state index in [1.807, 2.05) is 35.6 Å². The molecule has 0 fully saturated rings. The highest BCUT2D eigenvalue weighted by Crippen LogP contribution is 2.41. The molecule has 0 aliphatic heterocycles. The second kappa shape index (κ2) is 17.3. The van der Waals surface area contributed by atoms with E-state index in [-0.39, 0.29) is 11.5 Å². The zero-order valence-electron chi connectivity index (χ0n) is 35.6. The lowest BCUT2D eigenvalue weighted by molar-refractivity contribution is 0.601. The number of furan rings is 1. The third-order valence-corrected chi connectivity index (χ3v) is 13.9. The Bertz CT molecular complexity index is 3260. The second-order valence-electron chi connectivity index (χ2n) is 16.7. The molecule has 0 amide bonds. The predicted octanol–water partition coefficient (Wildman–Crippen LogP) is 16.8. The van der Waals surface area contributed by atoms with Gasteiger partial charge in [-0.15, -0.1) is 17.9 Å². The fraction of sp³-hybridized carbons (Fsp3) is 0.100. The first kappa shape index (κ1) is 39.9. The highest BCUT2D eigenvalue weighted by molar-refractivity contribution is 7.26. The summed E-state index contributed by atoms with van der Waals surface area (Å²) >= 11 is 1.89. The Balaban J connectivity index is 0.983. The summed E-state index contributed by atoms with van der Waals surface area (Å²) in [6.45, 7) is 10.7. The molecule has 0 saturated heterocycles. The van der Waals surface area contributed by atoms with Crippen LogP contribution in [-0.2, 0) is 11.8 Å². The largest absolute Gasteiger partial charge is 0.456 e. The Labute approximate surface area is 374 Å². The van der Waals surface area contributed by atoms with Crippen molar-refractivity contribution < 1.29 is 4.42 Å². The van der Waals surface area contributed by atoms with Gasteiger partial charge in [0.1, 0.15) is 11.2 Å². The van der Waals surface area contributed by atoms with Crippen molar-refractivity contribution >= 4 is 76.9 Å². The Hall–Kier alpha value is -7.20. The van der Waals surface area contributed by atoms with Crippen molar-refractivity contribution in [1.29, 1.82) is 0 Å². The van der Waals surface area contributed by atoms with Crippen LogP contribution in [0.25, 0.3) is 71.0 Å². The van der Waals surface area contributed by atoms with Crippen LogP contribution < -0.4 is 4.90 Å². The summed E-state index contributed by atoms with van der Waals surface area (Å²) in [6, 6.07) is 56.8. The van der Waals surface area contributed by atoms with Gasteiger partial charge >= 0.3 is 0 Å². The first-order chi connectivity index (χ1) is 31.0. The highest BCUT2D eigenvalue weighted by atomic mass is 32.1. The zero-order valence-corrected chi connectivity index (χ0v) is 36.4. The number of rotatable bonds is 13. The molecule has 9 aromatic rings. The summed E-state index contributed by atoms with van der Waals surface area (Å²) in [7, 11) is 0. The summed E-state index contributed by atoms with van der Waals surface area (Å²) in [5.74, 6) is 0. The lowest BCUT2D eigenvalue weighted by atomic mass is 9.79. The number of fused-ring (bicyclic) bond motifs is 6. The molecule has 0 N–H and O–H groups in total. The SMILES string of the molecule is C=CCC(C)(/C=C\N(c1ccc(-c2ccccc2C/C=C\c2ccc3oc4ccccc4c3c2C=C)cc1)C1C=C(c2cccc3c2sc2ccccc23)C=CC1)c1ccccc1. The lowest BCUT2D eigenvalue weighted by Crippen LogP contribution is -2.31. The number of nitrogens with zero attached hydrogens (tertiary/aromatic N) is 1. The molecule has 2 aromatic heterocycles. The molecule has 2 heterocycles. The van der Waals surface area contributed by atoms with Crippen LogP contribution in [0.15, 0.2) is 218 Å². The van der Waals surface area contributed by atoms with Crippen LogP contribution in [0.2, 0.25) is 0 Å². The predicted molar refractivity (Wildman–Crippen MR) is 274 cm³/mol. The third-order valence-electron chi connectivity index (χ3n) is 12.7. The summed E-state index contributed by atoms with van der Waals surface area (Å²) in [6.07, 6.45) is 22.8. The fourth-order valence-electron chi connectivity index (χ4n) is 9.38. The van der Waals surface area contributed by atoms with E-state index in [2.05, 4.69) is 213 Å². The number of para-hydroxylation sites is 1. The maximum absolute atomic E-state index is 6.16. The first-order valence-electron chi connectivity index (χ1n) is 21.9. The Morgan fingerprint density at radius 2 is 1.48 bits per heavy atom. The normalized spacial score (nSPS) is 15.1. The number of anilines is 1. The molecule has 2 nitrogen and oxygen atoms in total. The van der Waals surface area contributed by atoms with Gasteiger partial charge in [0, 0.05) is 48.2 Å². The highest BCUT2D eigenvalue weighted by Gasteiger charge is 2.25. The van der Waals surface area contributed by atoms with Crippen LogP contribution in [0.4, 0.5) is 5.69 Å². The summed E-state index contributed by atoms with van der Waals surface area (Å²) in [4.78, 5) is 2.47. The van der Waals surface area contributed by atoms with Gasteiger partial charge < -0.3 is 9.32 Å². The van der Waals surface area contributed by atoms with Crippen molar-refractivity contribution in [3.63, 3.8) is 0 Å². The van der Waals surface area contributed by atoms with Crippen molar-refractivity contribution in [3.05, 3.63) is 241 Å². The Morgan fingerprint density at radius 1 is 0.730 bits per heavy atom. The molecule has 3 heteroatoms. The van der Waals surface area contributed by atoms with Gasteiger partial charge in [0.2, 0.25) is 0 Å². The van der Waals surface area contributed by atoms with Gasteiger partial charge in [-0.25, -0.2) is 0 Å². The topological polar surface area (TPSA) is 16.4 Å². The van der Waals surface area contributed by atoms with Crippen molar-refractivity contribution in [2.24, 2.45) is 0 Å². The van der Waals surface area contributed by atoms with Crippen LogP contribution in [0.1, 0.15) is 47.6 Å². The fourth-order valence-corrected chi connectivity index (χ4v) is 10.6. The van der Waals surface area contributed by atoms with Gasteiger partial charge in [-0.3, -0.25) is 0 Å². The van der Waals surface area contributed by atoms with E-state index in [0.29, 0.717) is 0 Å². The van der Waals surface area contributed by atoms with Gasteiger partial charge in [-0.1, -0.05) is 190 Å². The van der Waals surface area contributed by atoms with Crippen molar-refractivity contribution in [2.75, 3.05) is 4.90 Å². The number of thiophene rings is 1. The molecule has 0 radical (unpaired) electrons. The molecule has 1 aliphatic carbocycles. The maximum Gasteiger partial charge on any atom is 0.136 e. The molecular formula is C60H49NOS. The van der Waals surface area contributed by atoms with Crippen molar-refractivity contribution in [1.82, 2.24) is 0 Å². The Morgan fingerprint density at radius 3 is 2.32 bits per heavy atom. The minimum atomic E-state index is -0.224. The number of allylic oxidation sites excluding steroid dienone is 5. The number of hydrogen-bond acceptors (Lipinski definition) is 3. The van der Waals surface area contributed by atoms with Gasteiger partial charge in [0.25, 0.3) is 0 Å². The lowest BCUT2D eigenvalue weighted by Gasteiger charge is -2.33. The van der Waals surface area contributed by atoms with Crippen LogP contribution in [-0.4, -0.2) is 6.04 Å². The van der Waals surface area contributed by atoms with Crippen molar-refractivity contribution in [2.45, 2.75) is 37.6 Å². The summed E-state index contributed by atoms with van der Waals surface area (Å²) in [5.41, 5.74) is 12.5. The van der Waals surface area contributed by atoms with Crippen molar-refractivity contribution in [3.8, 4) is 11.1 Å². The monoisotopic (exact) mass is 831 g/mol. The van der Waals surface area contributed by atoms with E-state index >= 15 is 0 Å². The first-order valence-corrected chi connectivity index (χ1v) is 22.7. The molecule has 1 aliphatic rings. The molecule has 306 valence electrons. The van der Waals surface area contributed by atoms with Crippen LogP contribution >= 0.6 is 11.3 Å². The molecule has 0 bridgehead atoms. The van der Waals surface area contributed by atoms with Gasteiger partial charge in [0.05, 0.1) is 6.04 Å². The van der Waals surface area contributed by atoms with E-state index in [0.717, 1.165) is 58.0 Å². The van der Waals surface area contributed by atoms with Crippen LogP contribution in [0.3, 0.4) is 0 Å². The maximum atomic E-state index is 6.16. The second-order valence-corrected chi connectivity index (χ2v) is 17.7. The minimum absolute atomic E-state index is 0.109. The third kappa shape index (κ3) is 7.71. The molecule has 2 unspecified atom stereocenters. The van der Waals surface area contributed by atoms with E-state index in [4.69, 9.17) is 4.42 Å². The molecule has 0 spiro atoms. The number of hydrogen-bond donors (Lipinski definition) is 0. The van der Waals surface area contributed by atoms with Gasteiger partial charge in [-0.05, 0) is 94.1 Å². The summed E-state index contributed by atoms with van der Waals surface area (Å²) < 4.78 is 8.82. The van der Waals surface area contributed by atoms with E-state index in [1.54, 1.807) is 0 Å². The van der Waals surface area contributed by atoms with Crippen LogP contribution in [0.5, 0.6) is 0 Å². The molecule has 2 atom stereocenters. The standard InChI is InChI=1S/C60H49NOS/c1-4-38-60(3,46-22-7-6-8-23-46)39-40-61(48-24-16-21-45(41-48)51-28-17-29-53-52-26-12-14-31-57(52)63-59(51)53)47-35-32-44(33-36-47)50-25-10-9-18-42(50)19-15-20-43-34-37-56-58(49(43)5-2)54-27-11-13-30-55(54)62-56/h4-18,20-23,25-37,39-41,48H,1-2,19,24,38H2,3H3/b20-15-,40-39-. The van der Waals surface area contributed by atoms with Gasteiger partial charge in [0.15, 0.2) is 0 Å². The average molecular weight is 832 g/mol. The van der Waals surface area contributed by atoms with E-state index in [9.17, 15) is 0 Å². The molecule has 0 saturated carbocycles. The molecular weight excluding hydrogens is 783 g/mol. The zero-order chi connectivity index (χ0) is 42.8.